The molecular weight excluding hydrogens is 360 g/mol. The Balaban J connectivity index is 1.29. The molecule has 1 amide bonds. The lowest BCUT2D eigenvalue weighted by atomic mass is 10.1. The number of pyridine rings is 1. The predicted octanol–water partition coefficient (Wildman–Crippen LogP) is 4.19. The van der Waals surface area contributed by atoms with Gasteiger partial charge in [-0.1, -0.05) is 48.5 Å². The van der Waals surface area contributed by atoms with Crippen molar-refractivity contribution >= 4 is 22.5 Å². The molecule has 0 aliphatic heterocycles. The SMILES string of the molecule is O=C(NCCc1c[nH]c2ccccc12)c1cc(NCCc2ccccc2)ccn1. The van der Waals surface area contributed by atoms with E-state index in [0.717, 1.165) is 30.6 Å². The van der Waals surface area contributed by atoms with Crippen molar-refractivity contribution in [2.75, 3.05) is 18.4 Å². The monoisotopic (exact) mass is 384 g/mol. The number of anilines is 1. The third-order valence-electron chi connectivity index (χ3n) is 4.93. The quantitative estimate of drug-likeness (QED) is 0.427. The lowest BCUT2D eigenvalue weighted by Gasteiger charge is -2.09. The van der Waals surface area contributed by atoms with Gasteiger partial charge in [-0.3, -0.25) is 9.78 Å². The van der Waals surface area contributed by atoms with Crippen molar-refractivity contribution in [2.45, 2.75) is 12.8 Å². The van der Waals surface area contributed by atoms with Gasteiger partial charge >= 0.3 is 0 Å². The Morgan fingerprint density at radius 3 is 2.66 bits per heavy atom. The van der Waals surface area contributed by atoms with Crippen LogP contribution in [0.5, 0.6) is 0 Å². The van der Waals surface area contributed by atoms with Crippen LogP contribution >= 0.6 is 0 Å². The number of nitrogens with one attached hydrogen (secondary N) is 3. The smallest absolute Gasteiger partial charge is 0.269 e. The van der Waals surface area contributed by atoms with Gasteiger partial charge in [-0.2, -0.15) is 0 Å². The minimum Gasteiger partial charge on any atom is -0.385 e. The largest absolute Gasteiger partial charge is 0.385 e. The van der Waals surface area contributed by atoms with Crippen LogP contribution < -0.4 is 10.6 Å². The lowest BCUT2D eigenvalue weighted by Crippen LogP contribution is -2.26. The van der Waals surface area contributed by atoms with Crippen molar-refractivity contribution in [1.29, 1.82) is 0 Å². The molecule has 0 saturated carbocycles. The number of benzene rings is 2. The van der Waals surface area contributed by atoms with Crippen LogP contribution in [0.1, 0.15) is 21.6 Å². The number of H-pyrrole nitrogens is 1. The number of rotatable bonds is 8. The topological polar surface area (TPSA) is 69.8 Å². The maximum atomic E-state index is 12.5. The molecule has 2 aromatic carbocycles. The molecular formula is C24H24N4O. The molecule has 5 nitrogen and oxygen atoms in total. The Bertz CT molecular complexity index is 1090. The van der Waals surface area contributed by atoms with Crippen LogP contribution in [-0.2, 0) is 12.8 Å². The molecule has 3 N–H and O–H groups in total. The van der Waals surface area contributed by atoms with E-state index in [4.69, 9.17) is 0 Å². The number of amides is 1. The summed E-state index contributed by atoms with van der Waals surface area (Å²) in [6.45, 7) is 1.36. The highest BCUT2D eigenvalue weighted by atomic mass is 16.1. The molecule has 0 spiro atoms. The van der Waals surface area contributed by atoms with E-state index < -0.39 is 0 Å². The van der Waals surface area contributed by atoms with E-state index >= 15 is 0 Å². The summed E-state index contributed by atoms with van der Waals surface area (Å²) in [6, 6.07) is 22.2. The molecule has 0 aliphatic rings. The molecule has 0 atom stereocenters. The maximum absolute atomic E-state index is 12.5. The molecule has 0 aliphatic carbocycles. The van der Waals surface area contributed by atoms with Crippen LogP contribution in [0.2, 0.25) is 0 Å². The van der Waals surface area contributed by atoms with E-state index in [2.05, 4.69) is 44.9 Å². The van der Waals surface area contributed by atoms with Gasteiger partial charge in [-0.15, -0.1) is 0 Å². The van der Waals surface area contributed by atoms with Gasteiger partial charge in [-0.05, 0) is 42.2 Å². The third kappa shape index (κ3) is 4.82. The van der Waals surface area contributed by atoms with Crippen molar-refractivity contribution in [1.82, 2.24) is 15.3 Å². The molecule has 146 valence electrons. The Hall–Kier alpha value is -3.60. The zero-order valence-corrected chi connectivity index (χ0v) is 16.2. The van der Waals surface area contributed by atoms with E-state index in [1.54, 1.807) is 12.3 Å². The first-order valence-electron chi connectivity index (χ1n) is 9.86. The predicted molar refractivity (Wildman–Crippen MR) is 117 cm³/mol. The summed E-state index contributed by atoms with van der Waals surface area (Å²) in [4.78, 5) is 20.0. The lowest BCUT2D eigenvalue weighted by molar-refractivity contribution is 0.0949. The Labute approximate surface area is 170 Å². The summed E-state index contributed by atoms with van der Waals surface area (Å²) in [5.74, 6) is -0.156. The molecule has 5 heteroatoms. The molecule has 4 aromatic rings. The minimum atomic E-state index is -0.156. The first-order valence-corrected chi connectivity index (χ1v) is 9.86. The van der Waals surface area contributed by atoms with E-state index in [9.17, 15) is 4.79 Å². The number of aromatic nitrogens is 2. The highest BCUT2D eigenvalue weighted by Gasteiger charge is 2.09. The molecule has 0 unspecified atom stereocenters. The zero-order chi connectivity index (χ0) is 19.9. The van der Waals surface area contributed by atoms with E-state index in [-0.39, 0.29) is 5.91 Å². The summed E-state index contributed by atoms with van der Waals surface area (Å²) in [5.41, 5.74) is 4.92. The van der Waals surface area contributed by atoms with Gasteiger partial charge in [0.15, 0.2) is 0 Å². The van der Waals surface area contributed by atoms with Gasteiger partial charge in [0.2, 0.25) is 0 Å². The molecule has 0 radical (unpaired) electrons. The zero-order valence-electron chi connectivity index (χ0n) is 16.2. The summed E-state index contributed by atoms with van der Waals surface area (Å²) >= 11 is 0. The second kappa shape index (κ2) is 9.06. The van der Waals surface area contributed by atoms with Crippen molar-refractivity contribution < 1.29 is 4.79 Å². The van der Waals surface area contributed by atoms with E-state index in [1.165, 1.54) is 16.5 Å². The summed E-state index contributed by atoms with van der Waals surface area (Å²) in [6.07, 6.45) is 5.37. The van der Waals surface area contributed by atoms with Gasteiger partial charge in [0, 0.05) is 42.1 Å². The normalized spacial score (nSPS) is 10.8. The number of nitrogens with zero attached hydrogens (tertiary/aromatic N) is 1. The Morgan fingerprint density at radius 2 is 1.76 bits per heavy atom. The van der Waals surface area contributed by atoms with Crippen molar-refractivity contribution in [3.05, 3.63) is 95.9 Å². The molecule has 4 rings (SSSR count). The molecule has 2 heterocycles. The van der Waals surface area contributed by atoms with Crippen molar-refractivity contribution in [3.8, 4) is 0 Å². The summed E-state index contributed by atoms with van der Waals surface area (Å²) in [7, 11) is 0. The Kier molecular flexibility index (Phi) is 5.86. The van der Waals surface area contributed by atoms with Crippen LogP contribution in [-0.4, -0.2) is 29.0 Å². The number of carbonyl (C=O) groups excluding carboxylic acids is 1. The molecule has 2 aromatic heterocycles. The fourth-order valence-electron chi connectivity index (χ4n) is 3.40. The average Bonchev–Trinajstić information content (AvgIpc) is 3.18. The van der Waals surface area contributed by atoms with E-state index in [1.807, 2.05) is 42.6 Å². The van der Waals surface area contributed by atoms with Gasteiger partial charge in [-0.25, -0.2) is 0 Å². The Morgan fingerprint density at radius 1 is 0.931 bits per heavy atom. The molecule has 0 bridgehead atoms. The van der Waals surface area contributed by atoms with Gasteiger partial charge < -0.3 is 15.6 Å². The average molecular weight is 384 g/mol. The van der Waals surface area contributed by atoms with Crippen LogP contribution in [0, 0.1) is 0 Å². The highest BCUT2D eigenvalue weighted by Crippen LogP contribution is 2.17. The minimum absolute atomic E-state index is 0.156. The highest BCUT2D eigenvalue weighted by molar-refractivity contribution is 5.93. The number of carbonyl (C=O) groups is 1. The number of para-hydroxylation sites is 1. The van der Waals surface area contributed by atoms with Gasteiger partial charge in [0.05, 0.1) is 0 Å². The van der Waals surface area contributed by atoms with Crippen LogP contribution in [0.15, 0.2) is 79.1 Å². The number of fused-ring (bicyclic) bond motifs is 1. The van der Waals surface area contributed by atoms with Crippen LogP contribution in [0.4, 0.5) is 5.69 Å². The molecule has 0 fully saturated rings. The van der Waals surface area contributed by atoms with Crippen molar-refractivity contribution in [3.63, 3.8) is 0 Å². The number of hydrogen-bond donors (Lipinski definition) is 3. The molecule has 29 heavy (non-hydrogen) atoms. The fourth-order valence-corrected chi connectivity index (χ4v) is 3.40. The molecule has 0 saturated heterocycles. The first-order chi connectivity index (χ1) is 14.3. The fraction of sp³-hybridized carbons (Fsp3) is 0.167. The standard InChI is InChI=1S/C24H24N4O/c29-24(27-14-11-19-17-28-22-9-5-4-8-21(19)22)23-16-20(12-15-26-23)25-13-10-18-6-2-1-3-7-18/h1-9,12,15-17,28H,10-11,13-14H2,(H,25,26)(H,27,29). The van der Waals surface area contributed by atoms with E-state index in [0.29, 0.717) is 12.2 Å². The second-order valence-electron chi connectivity index (χ2n) is 6.96. The number of aromatic amines is 1. The van der Waals surface area contributed by atoms with Gasteiger partial charge in [0.25, 0.3) is 5.91 Å². The van der Waals surface area contributed by atoms with Crippen LogP contribution in [0.3, 0.4) is 0 Å². The van der Waals surface area contributed by atoms with Gasteiger partial charge in [0.1, 0.15) is 5.69 Å². The van der Waals surface area contributed by atoms with Crippen LogP contribution in [0.25, 0.3) is 10.9 Å². The third-order valence-corrected chi connectivity index (χ3v) is 4.93. The summed E-state index contributed by atoms with van der Waals surface area (Å²) in [5, 5.41) is 7.53. The second-order valence-corrected chi connectivity index (χ2v) is 6.96. The maximum Gasteiger partial charge on any atom is 0.269 e. The summed E-state index contributed by atoms with van der Waals surface area (Å²) < 4.78 is 0. The van der Waals surface area contributed by atoms with Crippen molar-refractivity contribution in [2.24, 2.45) is 0 Å². The first kappa shape index (κ1) is 18.7. The number of hydrogen-bond acceptors (Lipinski definition) is 3.